The SMILES string of the molecule is NNC(=O)c1ccc(-c2ccc(I)cc2)o1. The second-order valence-electron chi connectivity index (χ2n) is 3.14. The van der Waals surface area contributed by atoms with Crippen molar-refractivity contribution >= 4 is 28.5 Å². The predicted molar refractivity (Wildman–Crippen MR) is 68.5 cm³/mol. The highest BCUT2D eigenvalue weighted by atomic mass is 127. The Balaban J connectivity index is 2.31. The number of hydrazine groups is 1. The molecule has 1 heterocycles. The number of furan rings is 1. The van der Waals surface area contributed by atoms with Gasteiger partial charge in [-0.25, -0.2) is 5.84 Å². The van der Waals surface area contributed by atoms with Crippen molar-refractivity contribution < 1.29 is 9.21 Å². The number of nitrogens with one attached hydrogen (secondary N) is 1. The summed E-state index contributed by atoms with van der Waals surface area (Å²) in [6.45, 7) is 0. The summed E-state index contributed by atoms with van der Waals surface area (Å²) < 4.78 is 6.51. The van der Waals surface area contributed by atoms with E-state index >= 15 is 0 Å². The summed E-state index contributed by atoms with van der Waals surface area (Å²) in [7, 11) is 0. The fourth-order valence-electron chi connectivity index (χ4n) is 1.30. The first-order valence-electron chi connectivity index (χ1n) is 4.57. The monoisotopic (exact) mass is 328 g/mol. The highest BCUT2D eigenvalue weighted by Gasteiger charge is 2.10. The van der Waals surface area contributed by atoms with Gasteiger partial charge in [-0.05, 0) is 46.9 Å². The number of hydrogen-bond acceptors (Lipinski definition) is 3. The van der Waals surface area contributed by atoms with Crippen LogP contribution in [0.4, 0.5) is 0 Å². The maximum atomic E-state index is 11.2. The highest BCUT2D eigenvalue weighted by Crippen LogP contribution is 2.22. The van der Waals surface area contributed by atoms with Crippen LogP contribution in [0, 0.1) is 3.57 Å². The number of halogens is 1. The number of nitrogens with two attached hydrogens (primary N) is 1. The van der Waals surface area contributed by atoms with Gasteiger partial charge in [0.2, 0.25) is 0 Å². The molecule has 0 aliphatic carbocycles. The van der Waals surface area contributed by atoms with Crippen LogP contribution in [0.3, 0.4) is 0 Å². The summed E-state index contributed by atoms with van der Waals surface area (Å²) >= 11 is 2.23. The maximum Gasteiger partial charge on any atom is 0.300 e. The highest BCUT2D eigenvalue weighted by molar-refractivity contribution is 14.1. The number of hydrogen-bond donors (Lipinski definition) is 2. The van der Waals surface area contributed by atoms with Crippen molar-refractivity contribution in [2.75, 3.05) is 0 Å². The molecule has 0 saturated carbocycles. The Hall–Kier alpha value is -1.34. The molecule has 0 radical (unpaired) electrons. The van der Waals surface area contributed by atoms with Gasteiger partial charge in [0, 0.05) is 9.13 Å². The van der Waals surface area contributed by atoms with Crippen molar-refractivity contribution in [3.8, 4) is 11.3 Å². The number of nitrogen functional groups attached to an aromatic ring is 1. The van der Waals surface area contributed by atoms with E-state index in [2.05, 4.69) is 22.6 Å². The zero-order chi connectivity index (χ0) is 11.5. The predicted octanol–water partition coefficient (Wildman–Crippen LogP) is 2.15. The fraction of sp³-hybridized carbons (Fsp3) is 0. The Bertz CT molecular complexity index is 505. The van der Waals surface area contributed by atoms with Crippen molar-refractivity contribution in [1.29, 1.82) is 0 Å². The standard InChI is InChI=1S/C11H9IN2O2/c12-8-3-1-7(2-4-8)9-5-6-10(16-9)11(15)14-13/h1-6H,13H2,(H,14,15). The third-order valence-electron chi connectivity index (χ3n) is 2.09. The van der Waals surface area contributed by atoms with Gasteiger partial charge in [-0.1, -0.05) is 12.1 Å². The number of carbonyl (C=O) groups excluding carboxylic acids is 1. The normalized spacial score (nSPS) is 10.1. The van der Waals surface area contributed by atoms with E-state index in [1.807, 2.05) is 29.7 Å². The second-order valence-corrected chi connectivity index (χ2v) is 4.39. The number of carbonyl (C=O) groups is 1. The van der Waals surface area contributed by atoms with Crippen LogP contribution in [0.1, 0.15) is 10.6 Å². The third kappa shape index (κ3) is 2.25. The first-order chi connectivity index (χ1) is 7.70. The lowest BCUT2D eigenvalue weighted by Crippen LogP contribution is -2.29. The van der Waals surface area contributed by atoms with E-state index < -0.39 is 5.91 Å². The Kier molecular flexibility index (Phi) is 3.25. The summed E-state index contributed by atoms with van der Waals surface area (Å²) in [5.74, 6) is 5.43. The Morgan fingerprint density at radius 3 is 2.50 bits per heavy atom. The minimum absolute atomic E-state index is 0.205. The molecule has 0 fully saturated rings. The summed E-state index contributed by atoms with van der Waals surface area (Å²) in [5.41, 5.74) is 2.95. The summed E-state index contributed by atoms with van der Waals surface area (Å²) in [6, 6.07) is 11.2. The number of rotatable bonds is 2. The second kappa shape index (κ2) is 4.67. The van der Waals surface area contributed by atoms with Gasteiger partial charge in [-0.3, -0.25) is 10.2 Å². The lowest BCUT2D eigenvalue weighted by molar-refractivity contribution is 0.0927. The molecule has 1 aromatic carbocycles. The van der Waals surface area contributed by atoms with Gasteiger partial charge in [-0.2, -0.15) is 0 Å². The van der Waals surface area contributed by atoms with Crippen molar-refractivity contribution in [2.24, 2.45) is 5.84 Å². The van der Waals surface area contributed by atoms with E-state index in [1.165, 1.54) is 0 Å². The molecule has 0 saturated heterocycles. The molecular weight excluding hydrogens is 319 g/mol. The Morgan fingerprint density at radius 1 is 1.19 bits per heavy atom. The van der Waals surface area contributed by atoms with E-state index in [0.29, 0.717) is 5.76 Å². The molecule has 0 spiro atoms. The van der Waals surface area contributed by atoms with Crippen LogP contribution in [0.25, 0.3) is 11.3 Å². The van der Waals surface area contributed by atoms with E-state index in [4.69, 9.17) is 10.3 Å². The number of benzene rings is 1. The Labute approximate surface area is 106 Å². The molecule has 4 nitrogen and oxygen atoms in total. The lowest BCUT2D eigenvalue weighted by atomic mass is 10.2. The van der Waals surface area contributed by atoms with Crippen LogP contribution in [0.2, 0.25) is 0 Å². The van der Waals surface area contributed by atoms with Gasteiger partial charge in [0.05, 0.1) is 0 Å². The van der Waals surface area contributed by atoms with Crippen LogP contribution in [-0.4, -0.2) is 5.91 Å². The maximum absolute atomic E-state index is 11.2. The molecule has 3 N–H and O–H groups in total. The van der Waals surface area contributed by atoms with Gasteiger partial charge in [0.25, 0.3) is 0 Å². The molecule has 0 atom stereocenters. The van der Waals surface area contributed by atoms with Crippen LogP contribution in [0.15, 0.2) is 40.8 Å². The van der Waals surface area contributed by atoms with Crippen LogP contribution in [0.5, 0.6) is 0 Å². The van der Waals surface area contributed by atoms with Gasteiger partial charge >= 0.3 is 5.91 Å². The zero-order valence-corrected chi connectivity index (χ0v) is 10.4. The molecule has 82 valence electrons. The van der Waals surface area contributed by atoms with Crippen molar-refractivity contribution in [1.82, 2.24) is 5.43 Å². The van der Waals surface area contributed by atoms with Gasteiger partial charge in [0.1, 0.15) is 5.76 Å². The third-order valence-corrected chi connectivity index (χ3v) is 2.81. The van der Waals surface area contributed by atoms with Crippen LogP contribution >= 0.6 is 22.6 Å². The summed E-state index contributed by atoms with van der Waals surface area (Å²) in [5, 5.41) is 0. The molecule has 1 amide bonds. The average Bonchev–Trinajstić information content (AvgIpc) is 2.78. The van der Waals surface area contributed by atoms with E-state index in [9.17, 15) is 4.79 Å². The first kappa shape index (κ1) is 11.2. The number of amides is 1. The molecule has 1 aromatic heterocycles. The zero-order valence-electron chi connectivity index (χ0n) is 8.24. The van der Waals surface area contributed by atoms with Gasteiger partial charge in [-0.15, -0.1) is 0 Å². The van der Waals surface area contributed by atoms with Gasteiger partial charge < -0.3 is 4.42 Å². The Morgan fingerprint density at radius 2 is 1.88 bits per heavy atom. The van der Waals surface area contributed by atoms with Crippen LogP contribution < -0.4 is 11.3 Å². The molecule has 2 rings (SSSR count). The first-order valence-corrected chi connectivity index (χ1v) is 5.65. The lowest BCUT2D eigenvalue weighted by Gasteiger charge is -1.97. The summed E-state index contributed by atoms with van der Waals surface area (Å²) in [4.78, 5) is 11.2. The molecule has 16 heavy (non-hydrogen) atoms. The molecule has 0 aliphatic rings. The van der Waals surface area contributed by atoms with Crippen molar-refractivity contribution in [3.05, 3.63) is 45.7 Å². The average molecular weight is 328 g/mol. The molecular formula is C11H9IN2O2. The fourth-order valence-corrected chi connectivity index (χ4v) is 1.66. The molecule has 5 heteroatoms. The van der Waals surface area contributed by atoms with Crippen molar-refractivity contribution in [2.45, 2.75) is 0 Å². The quantitative estimate of drug-likeness (QED) is 0.384. The molecule has 0 unspecified atom stereocenters. The van der Waals surface area contributed by atoms with Crippen LogP contribution in [-0.2, 0) is 0 Å². The summed E-state index contributed by atoms with van der Waals surface area (Å²) in [6.07, 6.45) is 0. The van der Waals surface area contributed by atoms with E-state index in [0.717, 1.165) is 9.13 Å². The van der Waals surface area contributed by atoms with Crippen molar-refractivity contribution in [3.63, 3.8) is 0 Å². The minimum Gasteiger partial charge on any atom is -0.451 e. The van der Waals surface area contributed by atoms with E-state index in [1.54, 1.807) is 12.1 Å². The minimum atomic E-state index is -0.434. The molecule has 0 aliphatic heterocycles. The topological polar surface area (TPSA) is 68.3 Å². The van der Waals surface area contributed by atoms with Gasteiger partial charge in [0.15, 0.2) is 5.76 Å². The van der Waals surface area contributed by atoms with E-state index in [-0.39, 0.29) is 5.76 Å². The smallest absolute Gasteiger partial charge is 0.300 e. The molecule has 2 aromatic rings. The molecule has 0 bridgehead atoms. The largest absolute Gasteiger partial charge is 0.451 e.